The second-order valence-electron chi connectivity index (χ2n) is 6.24. The fraction of sp³-hybridized carbons (Fsp3) is 0.368. The maximum atomic E-state index is 12.6. The summed E-state index contributed by atoms with van der Waals surface area (Å²) in [5, 5.41) is 3.02. The first kappa shape index (κ1) is 17.1. The van der Waals surface area contributed by atoms with Gasteiger partial charge >= 0.3 is 0 Å². The molecule has 1 unspecified atom stereocenters. The molecule has 0 radical (unpaired) electrons. The van der Waals surface area contributed by atoms with Gasteiger partial charge in [-0.05, 0) is 49.6 Å². The van der Waals surface area contributed by atoms with Crippen molar-refractivity contribution in [2.45, 2.75) is 25.8 Å². The summed E-state index contributed by atoms with van der Waals surface area (Å²) in [6.07, 6.45) is 3.16. The highest BCUT2D eigenvalue weighted by Gasteiger charge is 2.27. The van der Waals surface area contributed by atoms with Crippen LogP contribution in [0.15, 0.2) is 41.0 Å². The third kappa shape index (κ3) is 3.84. The highest BCUT2D eigenvalue weighted by Crippen LogP contribution is 2.21. The van der Waals surface area contributed by atoms with Gasteiger partial charge in [-0.15, -0.1) is 0 Å². The van der Waals surface area contributed by atoms with Crippen molar-refractivity contribution >= 4 is 11.8 Å². The van der Waals surface area contributed by atoms with Gasteiger partial charge < -0.3 is 19.4 Å². The molecule has 132 valence electrons. The molecule has 0 saturated carbocycles. The number of hydrogen-bond donors (Lipinski definition) is 1. The molecular formula is C19H22N2O4. The van der Waals surface area contributed by atoms with E-state index in [0.717, 1.165) is 18.4 Å². The minimum absolute atomic E-state index is 0.0915. The number of likely N-dealkylation sites (tertiary alicyclic amines) is 1. The Morgan fingerprint density at radius 1 is 1.32 bits per heavy atom. The summed E-state index contributed by atoms with van der Waals surface area (Å²) in [4.78, 5) is 26.7. The van der Waals surface area contributed by atoms with Gasteiger partial charge in [0.05, 0.1) is 18.9 Å². The second-order valence-corrected chi connectivity index (χ2v) is 6.24. The van der Waals surface area contributed by atoms with Crippen LogP contribution in [0.4, 0.5) is 0 Å². The third-order valence-corrected chi connectivity index (χ3v) is 4.38. The summed E-state index contributed by atoms with van der Waals surface area (Å²) in [6.45, 7) is 3.09. The largest absolute Gasteiger partial charge is 0.496 e. The summed E-state index contributed by atoms with van der Waals surface area (Å²) in [6, 6.07) is 8.74. The molecule has 0 bridgehead atoms. The Hall–Kier alpha value is -2.76. The van der Waals surface area contributed by atoms with E-state index in [9.17, 15) is 9.59 Å². The van der Waals surface area contributed by atoms with Crippen LogP contribution in [0, 0.1) is 6.92 Å². The Morgan fingerprint density at radius 3 is 2.88 bits per heavy atom. The topological polar surface area (TPSA) is 71.8 Å². The van der Waals surface area contributed by atoms with E-state index in [2.05, 4.69) is 5.32 Å². The number of ether oxygens (including phenoxy) is 1. The highest BCUT2D eigenvalue weighted by atomic mass is 16.5. The van der Waals surface area contributed by atoms with Gasteiger partial charge in [0.1, 0.15) is 5.75 Å². The molecule has 1 saturated heterocycles. The number of aryl methyl sites for hydroxylation is 1. The third-order valence-electron chi connectivity index (χ3n) is 4.38. The number of methoxy groups -OCH3 is 1. The number of piperidine rings is 1. The van der Waals surface area contributed by atoms with E-state index in [0.29, 0.717) is 30.2 Å². The van der Waals surface area contributed by atoms with Crippen LogP contribution in [0.3, 0.4) is 0 Å². The summed E-state index contributed by atoms with van der Waals surface area (Å²) >= 11 is 0. The number of amides is 2. The minimum atomic E-state index is -0.186. The van der Waals surface area contributed by atoms with E-state index < -0.39 is 0 Å². The molecule has 25 heavy (non-hydrogen) atoms. The molecule has 6 nitrogen and oxygen atoms in total. The van der Waals surface area contributed by atoms with Gasteiger partial charge in [0.2, 0.25) is 0 Å². The number of hydrogen-bond acceptors (Lipinski definition) is 4. The summed E-state index contributed by atoms with van der Waals surface area (Å²) in [7, 11) is 1.55. The number of carbonyl (C=O) groups is 2. The van der Waals surface area contributed by atoms with Crippen molar-refractivity contribution in [3.63, 3.8) is 0 Å². The average Bonchev–Trinajstić information content (AvgIpc) is 3.15. The lowest BCUT2D eigenvalue weighted by Crippen LogP contribution is -2.49. The van der Waals surface area contributed by atoms with E-state index in [4.69, 9.17) is 9.15 Å². The first-order chi connectivity index (χ1) is 12.1. The quantitative estimate of drug-likeness (QED) is 0.927. The second kappa shape index (κ2) is 7.42. The fourth-order valence-electron chi connectivity index (χ4n) is 3.08. The van der Waals surface area contributed by atoms with Crippen LogP contribution >= 0.6 is 0 Å². The highest BCUT2D eigenvalue weighted by molar-refractivity contribution is 5.97. The monoisotopic (exact) mass is 342 g/mol. The zero-order valence-electron chi connectivity index (χ0n) is 14.5. The molecule has 2 amide bonds. The predicted molar refractivity (Wildman–Crippen MR) is 92.8 cm³/mol. The lowest BCUT2D eigenvalue weighted by Gasteiger charge is -2.32. The van der Waals surface area contributed by atoms with E-state index in [1.165, 1.54) is 6.26 Å². The number of rotatable bonds is 4. The van der Waals surface area contributed by atoms with Gasteiger partial charge in [-0.2, -0.15) is 0 Å². The first-order valence-corrected chi connectivity index (χ1v) is 8.37. The Morgan fingerprint density at radius 2 is 2.16 bits per heavy atom. The van der Waals surface area contributed by atoms with Crippen LogP contribution in [-0.4, -0.2) is 43.0 Å². The normalized spacial score (nSPS) is 17.2. The lowest BCUT2D eigenvalue weighted by atomic mass is 10.0. The smallest absolute Gasteiger partial charge is 0.289 e. The van der Waals surface area contributed by atoms with Crippen molar-refractivity contribution in [2.75, 3.05) is 20.2 Å². The van der Waals surface area contributed by atoms with Gasteiger partial charge in [-0.1, -0.05) is 6.07 Å². The van der Waals surface area contributed by atoms with Gasteiger partial charge in [0.15, 0.2) is 5.76 Å². The Labute approximate surface area is 146 Å². The molecule has 1 aromatic heterocycles. The molecule has 2 aromatic rings. The molecule has 2 heterocycles. The lowest BCUT2D eigenvalue weighted by molar-refractivity contribution is 0.0646. The van der Waals surface area contributed by atoms with Crippen LogP contribution in [0.25, 0.3) is 0 Å². The number of furan rings is 1. The number of nitrogens with zero attached hydrogens (tertiary/aromatic N) is 1. The minimum Gasteiger partial charge on any atom is -0.496 e. The molecule has 1 aliphatic rings. The van der Waals surface area contributed by atoms with Crippen LogP contribution in [-0.2, 0) is 0 Å². The summed E-state index contributed by atoms with van der Waals surface area (Å²) in [5.74, 6) is 0.551. The zero-order chi connectivity index (χ0) is 17.8. The number of benzene rings is 1. The molecule has 1 fully saturated rings. The standard InChI is InChI=1S/C19H22N2O4/c1-13-7-8-15(17(11-13)24-2)18(22)20-14-5-3-9-21(12-14)19(23)16-6-4-10-25-16/h4,6-8,10-11,14H,3,5,9,12H2,1-2H3,(H,20,22). The summed E-state index contributed by atoms with van der Waals surface area (Å²) in [5.41, 5.74) is 1.53. The molecule has 1 aromatic carbocycles. The van der Waals surface area contributed by atoms with Crippen molar-refractivity contribution in [1.29, 1.82) is 0 Å². The number of carbonyl (C=O) groups excluding carboxylic acids is 2. The van der Waals surface area contributed by atoms with Crippen molar-refractivity contribution < 1.29 is 18.7 Å². The van der Waals surface area contributed by atoms with Crippen LogP contribution in [0.2, 0.25) is 0 Å². The van der Waals surface area contributed by atoms with Crippen molar-refractivity contribution in [1.82, 2.24) is 10.2 Å². The molecule has 1 N–H and O–H groups in total. The molecular weight excluding hydrogens is 320 g/mol. The summed E-state index contributed by atoms with van der Waals surface area (Å²) < 4.78 is 10.5. The van der Waals surface area contributed by atoms with Gasteiger partial charge in [-0.25, -0.2) is 0 Å². The average molecular weight is 342 g/mol. The van der Waals surface area contributed by atoms with Gasteiger partial charge in [0.25, 0.3) is 11.8 Å². The molecule has 1 atom stereocenters. The zero-order valence-corrected chi connectivity index (χ0v) is 14.5. The SMILES string of the molecule is COc1cc(C)ccc1C(=O)NC1CCCN(C(=O)c2ccco2)C1. The predicted octanol–water partition coefficient (Wildman–Crippen LogP) is 2.63. The first-order valence-electron chi connectivity index (χ1n) is 8.37. The number of nitrogens with one attached hydrogen (secondary N) is 1. The maximum Gasteiger partial charge on any atom is 0.289 e. The van der Waals surface area contributed by atoms with Crippen LogP contribution in [0.1, 0.15) is 39.3 Å². The van der Waals surface area contributed by atoms with E-state index >= 15 is 0 Å². The van der Waals surface area contributed by atoms with E-state index in [-0.39, 0.29) is 17.9 Å². The van der Waals surface area contributed by atoms with Crippen molar-refractivity contribution in [3.05, 3.63) is 53.5 Å². The Kier molecular flexibility index (Phi) is 5.07. The van der Waals surface area contributed by atoms with Gasteiger partial charge in [-0.3, -0.25) is 9.59 Å². The fourth-order valence-corrected chi connectivity index (χ4v) is 3.08. The van der Waals surface area contributed by atoms with Crippen molar-refractivity contribution in [3.8, 4) is 5.75 Å². The molecule has 0 aliphatic carbocycles. The molecule has 0 spiro atoms. The molecule has 1 aliphatic heterocycles. The van der Waals surface area contributed by atoms with Crippen LogP contribution in [0.5, 0.6) is 5.75 Å². The Bertz CT molecular complexity index is 755. The van der Waals surface area contributed by atoms with Crippen LogP contribution < -0.4 is 10.1 Å². The maximum absolute atomic E-state index is 12.6. The van der Waals surface area contributed by atoms with E-state index in [1.54, 1.807) is 30.2 Å². The van der Waals surface area contributed by atoms with E-state index in [1.807, 2.05) is 19.1 Å². The van der Waals surface area contributed by atoms with Gasteiger partial charge in [0, 0.05) is 19.1 Å². The molecule has 6 heteroatoms. The van der Waals surface area contributed by atoms with Crippen molar-refractivity contribution in [2.24, 2.45) is 0 Å². The molecule has 3 rings (SSSR count). The Balaban J connectivity index is 1.66.